The molecule has 2 fully saturated rings. The minimum Gasteiger partial charge on any atom is -0.494 e. The molecule has 6 rings (SSSR count). The number of aryl methyl sites for hydroxylation is 1. The molecule has 0 saturated carbocycles. The van der Waals surface area contributed by atoms with Gasteiger partial charge < -0.3 is 24.8 Å². The predicted molar refractivity (Wildman–Crippen MR) is 139 cm³/mol. The van der Waals surface area contributed by atoms with E-state index in [1.165, 1.54) is 5.69 Å². The van der Waals surface area contributed by atoms with Crippen LogP contribution in [0.25, 0.3) is 11.3 Å². The van der Waals surface area contributed by atoms with Crippen molar-refractivity contribution in [3.8, 4) is 17.0 Å². The van der Waals surface area contributed by atoms with Gasteiger partial charge in [0.2, 0.25) is 5.95 Å². The zero-order valence-corrected chi connectivity index (χ0v) is 21.0. The Bertz CT molecular complexity index is 1270. The van der Waals surface area contributed by atoms with Gasteiger partial charge in [0.25, 0.3) is 0 Å². The molecule has 2 aromatic heterocycles. The van der Waals surface area contributed by atoms with Crippen molar-refractivity contribution >= 4 is 17.3 Å². The Morgan fingerprint density at radius 1 is 1.11 bits per heavy atom. The largest absolute Gasteiger partial charge is 0.494 e. The van der Waals surface area contributed by atoms with E-state index < -0.39 is 0 Å². The maximum Gasteiger partial charge on any atom is 0.227 e. The average molecular weight is 488 g/mol. The molecule has 1 atom stereocenters. The first kappa shape index (κ1) is 23.2. The molecular formula is C28H33N5O3. The fraction of sp³-hybridized carbons (Fsp3) is 0.464. The highest BCUT2D eigenvalue weighted by Crippen LogP contribution is 2.44. The van der Waals surface area contributed by atoms with Gasteiger partial charge in [-0.15, -0.1) is 0 Å². The number of rotatable bonds is 6. The van der Waals surface area contributed by atoms with Crippen molar-refractivity contribution in [1.82, 2.24) is 15.0 Å². The molecule has 3 aromatic rings. The average Bonchev–Trinajstić information content (AvgIpc) is 3.24. The van der Waals surface area contributed by atoms with Crippen LogP contribution >= 0.6 is 0 Å². The first-order valence-electron chi connectivity index (χ1n) is 12.7. The van der Waals surface area contributed by atoms with Gasteiger partial charge >= 0.3 is 0 Å². The number of methoxy groups -OCH3 is 1. The molecule has 1 aliphatic carbocycles. The summed E-state index contributed by atoms with van der Waals surface area (Å²) < 4.78 is 11.3. The van der Waals surface area contributed by atoms with E-state index in [-0.39, 0.29) is 12.0 Å². The van der Waals surface area contributed by atoms with Crippen LogP contribution in [0.4, 0.5) is 17.3 Å². The van der Waals surface area contributed by atoms with Gasteiger partial charge in [0, 0.05) is 72.5 Å². The quantitative estimate of drug-likeness (QED) is 0.537. The van der Waals surface area contributed by atoms with Gasteiger partial charge in [0.15, 0.2) is 0 Å². The van der Waals surface area contributed by atoms with Crippen molar-refractivity contribution in [2.24, 2.45) is 5.41 Å². The Labute approximate surface area is 211 Å². The van der Waals surface area contributed by atoms with Crippen molar-refractivity contribution in [3.05, 3.63) is 54.0 Å². The molecule has 1 aromatic carbocycles. The molecule has 188 valence electrons. The highest BCUT2D eigenvalue weighted by Gasteiger charge is 2.44. The van der Waals surface area contributed by atoms with E-state index in [4.69, 9.17) is 14.5 Å². The van der Waals surface area contributed by atoms with Crippen molar-refractivity contribution in [1.29, 1.82) is 0 Å². The van der Waals surface area contributed by atoms with E-state index in [0.29, 0.717) is 11.4 Å². The number of fused-ring (bicyclic) bond motifs is 1. The third kappa shape index (κ3) is 4.08. The fourth-order valence-electron chi connectivity index (χ4n) is 5.79. The summed E-state index contributed by atoms with van der Waals surface area (Å²) in [6, 6.07) is 10.2. The first-order valence-corrected chi connectivity index (χ1v) is 12.7. The van der Waals surface area contributed by atoms with Gasteiger partial charge in [-0.05, 0) is 55.5 Å². The number of hydrogen-bond donors (Lipinski definition) is 2. The summed E-state index contributed by atoms with van der Waals surface area (Å²) >= 11 is 0. The Morgan fingerprint density at radius 2 is 1.94 bits per heavy atom. The SMILES string of the molecule is COc1cc(N2CC3(CCOCC3)C2)ccc1Nc1nccc(-c2cnc3c(c2)C(C)(CO)CC3)n1. The molecule has 4 heterocycles. The van der Waals surface area contributed by atoms with E-state index in [1.807, 2.05) is 18.3 Å². The van der Waals surface area contributed by atoms with Crippen LogP contribution in [0.5, 0.6) is 5.75 Å². The van der Waals surface area contributed by atoms with Crippen LogP contribution in [0.15, 0.2) is 42.7 Å². The van der Waals surface area contributed by atoms with E-state index in [1.54, 1.807) is 13.3 Å². The zero-order chi connectivity index (χ0) is 24.8. The Balaban J connectivity index is 1.20. The highest BCUT2D eigenvalue weighted by atomic mass is 16.5. The molecular weight excluding hydrogens is 454 g/mol. The third-order valence-corrected chi connectivity index (χ3v) is 8.24. The van der Waals surface area contributed by atoms with E-state index >= 15 is 0 Å². The predicted octanol–water partition coefficient (Wildman–Crippen LogP) is 4.10. The molecule has 8 heteroatoms. The molecule has 0 bridgehead atoms. The lowest BCUT2D eigenvalue weighted by molar-refractivity contribution is -0.000201. The topological polar surface area (TPSA) is 92.6 Å². The molecule has 2 aliphatic heterocycles. The monoisotopic (exact) mass is 487 g/mol. The lowest BCUT2D eigenvalue weighted by Gasteiger charge is -2.53. The summed E-state index contributed by atoms with van der Waals surface area (Å²) in [7, 11) is 1.69. The molecule has 1 unspecified atom stereocenters. The van der Waals surface area contributed by atoms with E-state index in [0.717, 1.165) is 85.9 Å². The number of anilines is 3. The summed E-state index contributed by atoms with van der Waals surface area (Å²) in [5.74, 6) is 1.25. The number of aliphatic hydroxyl groups excluding tert-OH is 1. The number of benzene rings is 1. The summed E-state index contributed by atoms with van der Waals surface area (Å²) in [5.41, 5.74) is 6.04. The van der Waals surface area contributed by atoms with Crippen LogP contribution in [-0.2, 0) is 16.6 Å². The van der Waals surface area contributed by atoms with Gasteiger partial charge in [-0.3, -0.25) is 4.98 Å². The zero-order valence-electron chi connectivity index (χ0n) is 21.0. The molecule has 8 nitrogen and oxygen atoms in total. The minimum absolute atomic E-state index is 0.115. The number of pyridine rings is 1. The van der Waals surface area contributed by atoms with Gasteiger partial charge in [-0.2, -0.15) is 0 Å². The number of nitrogens with zero attached hydrogens (tertiary/aromatic N) is 4. The third-order valence-electron chi connectivity index (χ3n) is 8.24. The van der Waals surface area contributed by atoms with Crippen LogP contribution in [0.2, 0.25) is 0 Å². The molecule has 3 aliphatic rings. The first-order chi connectivity index (χ1) is 17.5. The lowest BCUT2D eigenvalue weighted by Crippen LogP contribution is -2.58. The highest BCUT2D eigenvalue weighted by molar-refractivity contribution is 5.70. The number of aliphatic hydroxyl groups is 1. The standard InChI is InChI=1S/C28H33N5O3/c1-27(18-34)7-5-23-21(27)13-19(15-30-23)22-6-10-29-26(31-22)32-24-4-3-20(14-25(24)35-2)33-16-28(17-33)8-11-36-12-9-28/h3-4,6,10,13-15,34H,5,7-9,11-12,16-18H2,1-2H3,(H,29,31,32). The van der Waals surface area contributed by atoms with Gasteiger partial charge in [0.1, 0.15) is 5.75 Å². The van der Waals surface area contributed by atoms with E-state index in [9.17, 15) is 5.11 Å². The summed E-state index contributed by atoms with van der Waals surface area (Å²) in [6.45, 7) is 6.10. The summed E-state index contributed by atoms with van der Waals surface area (Å²) in [6.07, 6.45) is 7.71. The molecule has 2 N–H and O–H groups in total. The fourth-order valence-corrected chi connectivity index (χ4v) is 5.79. The second-order valence-corrected chi connectivity index (χ2v) is 10.7. The Morgan fingerprint density at radius 3 is 2.72 bits per heavy atom. The lowest BCUT2D eigenvalue weighted by atomic mass is 9.73. The van der Waals surface area contributed by atoms with Crippen molar-refractivity contribution in [2.45, 2.75) is 38.0 Å². The van der Waals surface area contributed by atoms with Gasteiger partial charge in [0.05, 0.1) is 25.1 Å². The van der Waals surface area contributed by atoms with Crippen molar-refractivity contribution < 1.29 is 14.6 Å². The smallest absolute Gasteiger partial charge is 0.227 e. The van der Waals surface area contributed by atoms with Gasteiger partial charge in [-0.25, -0.2) is 9.97 Å². The second-order valence-electron chi connectivity index (χ2n) is 10.7. The number of aromatic nitrogens is 3. The minimum atomic E-state index is -0.248. The van der Waals surface area contributed by atoms with Gasteiger partial charge in [-0.1, -0.05) is 6.92 Å². The number of ether oxygens (including phenoxy) is 2. The van der Waals surface area contributed by atoms with Crippen LogP contribution in [0.3, 0.4) is 0 Å². The molecule has 2 saturated heterocycles. The molecule has 1 spiro atoms. The Kier molecular flexibility index (Phi) is 5.80. The van der Waals surface area contributed by atoms with Crippen molar-refractivity contribution in [3.63, 3.8) is 0 Å². The Hall–Kier alpha value is -3.23. The second kappa shape index (κ2) is 9.01. The number of hydrogen-bond acceptors (Lipinski definition) is 8. The maximum absolute atomic E-state index is 9.95. The molecule has 0 amide bonds. The molecule has 0 radical (unpaired) electrons. The van der Waals surface area contributed by atoms with Crippen molar-refractivity contribution in [2.75, 3.05) is 50.2 Å². The van der Waals surface area contributed by atoms with E-state index in [2.05, 4.69) is 45.3 Å². The van der Waals surface area contributed by atoms with Crippen LogP contribution in [-0.4, -0.2) is 60.1 Å². The normalized spacial score (nSPS) is 22.2. The maximum atomic E-state index is 9.95. The summed E-state index contributed by atoms with van der Waals surface area (Å²) in [5, 5.41) is 13.3. The van der Waals surface area contributed by atoms with Crippen LogP contribution < -0.4 is 15.0 Å². The molecule has 36 heavy (non-hydrogen) atoms. The van der Waals surface area contributed by atoms with Crippen LogP contribution in [0.1, 0.15) is 37.4 Å². The number of nitrogens with one attached hydrogen (secondary N) is 1. The van der Waals surface area contributed by atoms with Crippen LogP contribution in [0, 0.1) is 5.41 Å². The summed E-state index contributed by atoms with van der Waals surface area (Å²) in [4.78, 5) is 16.3.